The molecule has 0 aliphatic carbocycles. The molecule has 0 amide bonds. The zero-order valence-corrected chi connectivity index (χ0v) is 10.7. The van der Waals surface area contributed by atoms with Gasteiger partial charge in [0.25, 0.3) is 0 Å². The van der Waals surface area contributed by atoms with Crippen LogP contribution in [0.25, 0.3) is 0 Å². The third-order valence-corrected chi connectivity index (χ3v) is 2.60. The lowest BCUT2D eigenvalue weighted by Crippen LogP contribution is -2.61. The Kier molecular flexibility index (Phi) is 5.30. The second-order valence-electron chi connectivity index (χ2n) is 4.34. The molecule has 1 atom stereocenters. The summed E-state index contributed by atoms with van der Waals surface area (Å²) in [5, 5.41) is 0. The third-order valence-electron chi connectivity index (χ3n) is 2.60. The molecule has 0 aromatic heterocycles. The van der Waals surface area contributed by atoms with E-state index in [9.17, 15) is 65.9 Å². The molecule has 0 spiro atoms. The van der Waals surface area contributed by atoms with E-state index in [4.69, 9.17) is 0 Å². The molecule has 0 radical (unpaired) electrons. The SMILES string of the molecule is CC(F)(/C(=C(/F)C(F)(F)F)C(F)(C(F)(F)F)C(F)(F)F)C(F)(F)F. The van der Waals surface area contributed by atoms with E-state index in [-0.39, 0.29) is 0 Å². The van der Waals surface area contributed by atoms with E-state index in [0.717, 1.165) is 0 Å². The predicted octanol–water partition coefficient (Wildman–Crippen LogP) is 5.90. The molecule has 0 bridgehead atoms. The maximum Gasteiger partial charge on any atom is 0.443 e. The van der Waals surface area contributed by atoms with E-state index in [1.54, 1.807) is 0 Å². The Hall–Kier alpha value is -1.31. The van der Waals surface area contributed by atoms with Gasteiger partial charge in [-0.25, -0.2) is 13.2 Å². The maximum absolute atomic E-state index is 13.5. The van der Waals surface area contributed by atoms with Crippen molar-refractivity contribution in [2.24, 2.45) is 0 Å². The summed E-state index contributed by atoms with van der Waals surface area (Å²) in [6.07, 6.45) is -29.1. The summed E-state index contributed by atoms with van der Waals surface area (Å²) in [5.41, 5.74) is -18.7. The van der Waals surface area contributed by atoms with Crippen LogP contribution in [-0.2, 0) is 0 Å². The van der Waals surface area contributed by atoms with Gasteiger partial charge in [0.15, 0.2) is 0 Å². The average molecular weight is 396 g/mol. The lowest BCUT2D eigenvalue weighted by Gasteiger charge is -2.38. The molecule has 24 heavy (non-hydrogen) atoms. The van der Waals surface area contributed by atoms with Crippen LogP contribution in [0.4, 0.5) is 65.9 Å². The van der Waals surface area contributed by atoms with Gasteiger partial charge in [0.2, 0.25) is 11.5 Å². The molecule has 15 heteroatoms. The van der Waals surface area contributed by atoms with Crippen LogP contribution in [0.5, 0.6) is 0 Å². The summed E-state index contributed by atoms with van der Waals surface area (Å²) in [5.74, 6) is -4.85. The molecule has 1 unspecified atom stereocenters. The van der Waals surface area contributed by atoms with Crippen molar-refractivity contribution < 1.29 is 65.9 Å². The van der Waals surface area contributed by atoms with Gasteiger partial charge in [-0.15, -0.1) is 0 Å². The van der Waals surface area contributed by atoms with Crippen molar-refractivity contribution in [2.75, 3.05) is 0 Å². The van der Waals surface area contributed by atoms with Gasteiger partial charge < -0.3 is 0 Å². The molecule has 0 heterocycles. The van der Waals surface area contributed by atoms with Crippen molar-refractivity contribution >= 4 is 0 Å². The quantitative estimate of drug-likeness (QED) is 0.511. The Labute approximate surface area is 121 Å². The normalized spacial score (nSPS) is 19.0. The fraction of sp³-hybridized carbons (Fsp3) is 0.778. The molecule has 0 aliphatic rings. The molecule has 0 rings (SSSR count). The lowest BCUT2D eigenvalue weighted by atomic mass is 9.81. The smallest absolute Gasteiger partial charge is 0.229 e. The highest BCUT2D eigenvalue weighted by Gasteiger charge is 2.81. The van der Waals surface area contributed by atoms with Crippen molar-refractivity contribution in [1.29, 1.82) is 0 Å². The van der Waals surface area contributed by atoms with Crippen LogP contribution in [0, 0.1) is 0 Å². The van der Waals surface area contributed by atoms with E-state index in [2.05, 4.69) is 0 Å². The molecule has 0 aliphatic heterocycles. The standard InChI is InChI=1S/C9H3F15/c1-4(11,7(16,17)18)2(3(10)6(13,14)15)5(12,8(19,20)21)9(22,23)24/h1H3/b3-2-. The van der Waals surface area contributed by atoms with Crippen LogP contribution in [0.2, 0.25) is 0 Å². The molecule has 0 aromatic rings. The van der Waals surface area contributed by atoms with E-state index in [0.29, 0.717) is 0 Å². The minimum absolute atomic E-state index is 1.31. The largest absolute Gasteiger partial charge is 0.443 e. The second kappa shape index (κ2) is 5.61. The van der Waals surface area contributed by atoms with Crippen LogP contribution in [0.3, 0.4) is 0 Å². The number of hydrogen-bond acceptors (Lipinski definition) is 0. The van der Waals surface area contributed by atoms with Gasteiger partial charge in [-0.3, -0.25) is 0 Å². The Bertz CT molecular complexity index is 479. The minimum atomic E-state index is -7.60. The van der Waals surface area contributed by atoms with Crippen LogP contribution in [0.1, 0.15) is 6.92 Å². The van der Waals surface area contributed by atoms with Crippen molar-refractivity contribution in [3.8, 4) is 0 Å². The monoisotopic (exact) mass is 396 g/mol. The molecule has 0 N–H and O–H groups in total. The molecular formula is C9H3F15. The number of rotatable bonds is 2. The summed E-state index contributed by atoms with van der Waals surface area (Å²) in [6, 6.07) is 0. The van der Waals surface area contributed by atoms with Gasteiger partial charge in [0, 0.05) is 0 Å². The number of hydrogen-bond donors (Lipinski definition) is 0. The van der Waals surface area contributed by atoms with Crippen molar-refractivity contribution in [1.82, 2.24) is 0 Å². The van der Waals surface area contributed by atoms with Crippen molar-refractivity contribution in [2.45, 2.75) is 43.0 Å². The van der Waals surface area contributed by atoms with Crippen molar-refractivity contribution in [3.63, 3.8) is 0 Å². The molecule has 144 valence electrons. The van der Waals surface area contributed by atoms with Crippen molar-refractivity contribution in [3.05, 3.63) is 11.4 Å². The van der Waals surface area contributed by atoms with Gasteiger partial charge >= 0.3 is 30.4 Å². The van der Waals surface area contributed by atoms with Crippen LogP contribution < -0.4 is 0 Å². The maximum atomic E-state index is 13.5. The second-order valence-corrected chi connectivity index (χ2v) is 4.34. The van der Waals surface area contributed by atoms with Gasteiger partial charge in [0.05, 0.1) is 5.57 Å². The zero-order valence-electron chi connectivity index (χ0n) is 10.7. The number of alkyl halides is 14. The highest BCUT2D eigenvalue weighted by Crippen LogP contribution is 2.59. The van der Waals surface area contributed by atoms with Gasteiger partial charge in [-0.1, -0.05) is 0 Å². The third kappa shape index (κ3) is 3.53. The fourth-order valence-electron chi connectivity index (χ4n) is 1.41. The summed E-state index contributed by atoms with van der Waals surface area (Å²) in [7, 11) is 0. The van der Waals surface area contributed by atoms with Crippen LogP contribution in [0.15, 0.2) is 11.4 Å². The summed E-state index contributed by atoms with van der Waals surface area (Å²) in [4.78, 5) is 0. The minimum Gasteiger partial charge on any atom is -0.229 e. The van der Waals surface area contributed by atoms with E-state index < -0.39 is 54.4 Å². The first-order chi connectivity index (χ1) is 10.0. The predicted molar refractivity (Wildman–Crippen MR) is 45.7 cm³/mol. The molecule has 0 saturated heterocycles. The Morgan fingerprint density at radius 2 is 0.833 bits per heavy atom. The molecule has 0 saturated carbocycles. The van der Waals surface area contributed by atoms with E-state index in [1.807, 2.05) is 0 Å². The van der Waals surface area contributed by atoms with Crippen LogP contribution >= 0.6 is 0 Å². The van der Waals surface area contributed by atoms with E-state index >= 15 is 0 Å². The highest BCUT2D eigenvalue weighted by molar-refractivity contribution is 5.37. The number of halogens is 15. The average Bonchev–Trinajstić information content (AvgIpc) is 2.22. The zero-order chi connectivity index (χ0) is 20.2. The molecular weight excluding hydrogens is 393 g/mol. The molecule has 0 nitrogen and oxygen atoms in total. The van der Waals surface area contributed by atoms with E-state index in [1.165, 1.54) is 0 Å². The molecule has 0 aromatic carbocycles. The lowest BCUT2D eigenvalue weighted by molar-refractivity contribution is -0.338. The number of allylic oxidation sites excluding steroid dienone is 2. The first-order valence-electron chi connectivity index (χ1n) is 5.08. The van der Waals surface area contributed by atoms with Gasteiger partial charge in [0.1, 0.15) is 0 Å². The highest BCUT2D eigenvalue weighted by atomic mass is 19.4. The topological polar surface area (TPSA) is 0 Å². The fourth-order valence-corrected chi connectivity index (χ4v) is 1.41. The van der Waals surface area contributed by atoms with Gasteiger partial charge in [-0.2, -0.15) is 52.7 Å². The molecule has 0 fully saturated rings. The Morgan fingerprint density at radius 1 is 0.542 bits per heavy atom. The summed E-state index contributed by atoms with van der Waals surface area (Å²) in [6.45, 7) is -1.31. The summed E-state index contributed by atoms with van der Waals surface area (Å²) < 4.78 is 187. The van der Waals surface area contributed by atoms with Crippen LogP contribution in [-0.4, -0.2) is 36.0 Å². The summed E-state index contributed by atoms with van der Waals surface area (Å²) >= 11 is 0. The Morgan fingerprint density at radius 3 is 1.00 bits per heavy atom. The first kappa shape index (κ1) is 22.7. The van der Waals surface area contributed by atoms with Gasteiger partial charge in [-0.05, 0) is 6.92 Å². The Balaban J connectivity index is 7.26. The first-order valence-corrected chi connectivity index (χ1v) is 5.08.